The van der Waals surface area contributed by atoms with Gasteiger partial charge in [0.2, 0.25) is 23.6 Å². The van der Waals surface area contributed by atoms with Gasteiger partial charge in [0.25, 0.3) is 0 Å². The van der Waals surface area contributed by atoms with Crippen LogP contribution in [-0.4, -0.2) is 47.8 Å². The Morgan fingerprint density at radius 2 is 1.02 bits per heavy atom. The zero-order valence-electron chi connectivity index (χ0n) is 23.4. The van der Waals surface area contributed by atoms with E-state index in [4.69, 9.17) is 0 Å². The first-order chi connectivity index (χ1) is 19.1. The van der Waals surface area contributed by atoms with Gasteiger partial charge in [0, 0.05) is 36.1 Å². The summed E-state index contributed by atoms with van der Waals surface area (Å²) in [5, 5.41) is 11.8. The van der Waals surface area contributed by atoms with Crippen LogP contribution in [0.15, 0.2) is 85.0 Å². The first-order valence-corrected chi connectivity index (χ1v) is 13.8. The number of hydrogen-bond donors (Lipinski definition) is 4. The number of benzene rings is 2. The van der Waals surface area contributed by atoms with E-state index in [1.165, 1.54) is 0 Å². The molecule has 212 valence electrons. The molecule has 4 amide bonds. The number of hydrogen-bond acceptors (Lipinski definition) is 4. The molecule has 0 aromatic heterocycles. The van der Waals surface area contributed by atoms with Crippen LogP contribution < -0.4 is 21.3 Å². The molecule has 0 unspecified atom stereocenters. The van der Waals surface area contributed by atoms with Crippen LogP contribution in [0.5, 0.6) is 0 Å². The van der Waals surface area contributed by atoms with Crippen LogP contribution in [0.4, 0.5) is 0 Å². The second-order valence-electron chi connectivity index (χ2n) is 10.5. The van der Waals surface area contributed by atoms with Gasteiger partial charge in [-0.2, -0.15) is 0 Å². The van der Waals surface area contributed by atoms with Crippen molar-refractivity contribution in [3.8, 4) is 0 Å². The largest absolute Gasteiger partial charge is 0.350 e. The van der Waals surface area contributed by atoms with Crippen LogP contribution in [0.3, 0.4) is 0 Å². The Morgan fingerprint density at radius 1 is 0.675 bits per heavy atom. The van der Waals surface area contributed by atoms with Crippen molar-refractivity contribution in [3.63, 3.8) is 0 Å². The van der Waals surface area contributed by atoms with Gasteiger partial charge in [-0.3, -0.25) is 19.2 Å². The van der Waals surface area contributed by atoms with Crippen molar-refractivity contribution >= 4 is 23.6 Å². The number of nitrogens with one attached hydrogen (secondary N) is 4. The molecule has 3 rings (SSSR count). The van der Waals surface area contributed by atoms with Crippen LogP contribution in [0.25, 0.3) is 0 Å². The van der Waals surface area contributed by atoms with Gasteiger partial charge in [-0.25, -0.2) is 0 Å². The van der Waals surface area contributed by atoms with Gasteiger partial charge in [0.05, 0.1) is 0 Å². The Kier molecular flexibility index (Phi) is 11.2. The lowest BCUT2D eigenvalue weighted by Gasteiger charge is -2.35. The summed E-state index contributed by atoms with van der Waals surface area (Å²) in [7, 11) is 0. The van der Waals surface area contributed by atoms with Crippen molar-refractivity contribution in [1.82, 2.24) is 21.3 Å². The summed E-state index contributed by atoms with van der Waals surface area (Å²) < 4.78 is 0. The molecule has 0 radical (unpaired) electrons. The van der Waals surface area contributed by atoms with E-state index >= 15 is 0 Å². The summed E-state index contributed by atoms with van der Waals surface area (Å²) in [5.41, 5.74) is 2.45. The Morgan fingerprint density at radius 3 is 1.35 bits per heavy atom. The molecule has 2 aromatic carbocycles. The van der Waals surface area contributed by atoms with E-state index in [-0.39, 0.29) is 35.7 Å². The SMILES string of the molecule is C=C(C)C(=O)N[C@@H](Cc1ccccc1)C(=O)N[C@H]1CCCC[C@@H]1NC(=O)[C@H](Cc1ccccc1)NC(=O)C(=C)C. The van der Waals surface area contributed by atoms with Gasteiger partial charge in [0.1, 0.15) is 12.1 Å². The number of amides is 4. The molecule has 40 heavy (non-hydrogen) atoms. The lowest BCUT2D eigenvalue weighted by molar-refractivity contribution is -0.129. The van der Waals surface area contributed by atoms with Crippen LogP contribution >= 0.6 is 0 Å². The molecule has 0 heterocycles. The molecule has 4 atom stereocenters. The maximum Gasteiger partial charge on any atom is 0.246 e. The predicted molar refractivity (Wildman–Crippen MR) is 156 cm³/mol. The Labute approximate surface area is 236 Å². The molecule has 2 aromatic rings. The number of rotatable bonds is 12. The fourth-order valence-corrected chi connectivity index (χ4v) is 4.72. The first kappa shape index (κ1) is 30.3. The standard InChI is InChI=1S/C32H40N4O4/c1-21(2)29(37)35-27(19-23-13-7-5-8-14-23)31(39)33-25-17-11-12-18-26(25)34-32(40)28(36-30(38)22(3)4)20-24-15-9-6-10-16-24/h5-10,13-16,25-28H,1,3,11-12,17-20H2,2,4H3,(H,33,39)(H,34,40)(H,35,37)(H,36,38)/t25-,26-,27-,28-/m0/s1. The van der Waals surface area contributed by atoms with Crippen molar-refractivity contribution in [3.05, 3.63) is 96.1 Å². The first-order valence-electron chi connectivity index (χ1n) is 13.8. The zero-order chi connectivity index (χ0) is 29.1. The zero-order valence-corrected chi connectivity index (χ0v) is 23.4. The summed E-state index contributed by atoms with van der Waals surface area (Å²) in [6, 6.07) is 16.7. The van der Waals surface area contributed by atoms with Crippen molar-refractivity contribution in [1.29, 1.82) is 0 Å². The van der Waals surface area contributed by atoms with E-state index in [2.05, 4.69) is 34.4 Å². The second kappa shape index (κ2) is 14.8. The summed E-state index contributed by atoms with van der Waals surface area (Å²) in [6.07, 6.45) is 3.82. The lowest BCUT2D eigenvalue weighted by atomic mass is 9.89. The highest BCUT2D eigenvalue weighted by Gasteiger charge is 2.33. The minimum Gasteiger partial charge on any atom is -0.350 e. The molecule has 0 spiro atoms. The molecule has 0 bridgehead atoms. The molecular weight excluding hydrogens is 504 g/mol. The Bertz CT molecular complexity index is 1120. The smallest absolute Gasteiger partial charge is 0.246 e. The average molecular weight is 545 g/mol. The van der Waals surface area contributed by atoms with Crippen molar-refractivity contribution in [2.75, 3.05) is 0 Å². The van der Waals surface area contributed by atoms with Crippen LogP contribution in [0, 0.1) is 0 Å². The molecule has 8 nitrogen and oxygen atoms in total. The predicted octanol–water partition coefficient (Wildman–Crippen LogP) is 3.14. The fraction of sp³-hybridized carbons (Fsp3) is 0.375. The minimum absolute atomic E-state index is 0.315. The number of carbonyl (C=O) groups excluding carboxylic acids is 4. The third-order valence-electron chi connectivity index (χ3n) is 7.01. The van der Waals surface area contributed by atoms with Crippen molar-refractivity contribution < 1.29 is 19.2 Å². The molecule has 1 aliphatic rings. The maximum atomic E-state index is 13.5. The normalized spacial score (nSPS) is 17.9. The van der Waals surface area contributed by atoms with Crippen molar-refractivity contribution in [2.45, 2.75) is 76.5 Å². The third kappa shape index (κ3) is 9.22. The molecule has 1 saturated carbocycles. The topological polar surface area (TPSA) is 116 Å². The van der Waals surface area contributed by atoms with Gasteiger partial charge in [-0.15, -0.1) is 0 Å². The van der Waals surface area contributed by atoms with E-state index in [0.717, 1.165) is 24.0 Å². The van der Waals surface area contributed by atoms with E-state index in [9.17, 15) is 19.2 Å². The summed E-state index contributed by atoms with van der Waals surface area (Å²) >= 11 is 0. The fourth-order valence-electron chi connectivity index (χ4n) is 4.72. The second-order valence-corrected chi connectivity index (χ2v) is 10.5. The third-order valence-corrected chi connectivity index (χ3v) is 7.01. The van der Waals surface area contributed by atoms with E-state index in [1.54, 1.807) is 13.8 Å². The summed E-state index contributed by atoms with van der Waals surface area (Å²) in [4.78, 5) is 51.8. The van der Waals surface area contributed by atoms with E-state index in [1.807, 2.05) is 60.7 Å². The minimum atomic E-state index is -0.800. The molecule has 1 fully saturated rings. The van der Waals surface area contributed by atoms with Crippen LogP contribution in [0.2, 0.25) is 0 Å². The Hall–Kier alpha value is -4.20. The van der Waals surface area contributed by atoms with Gasteiger partial charge >= 0.3 is 0 Å². The van der Waals surface area contributed by atoms with Crippen LogP contribution in [0.1, 0.15) is 50.7 Å². The highest BCUT2D eigenvalue weighted by Crippen LogP contribution is 2.20. The van der Waals surface area contributed by atoms with Gasteiger partial charge in [-0.1, -0.05) is 86.7 Å². The summed E-state index contributed by atoms with van der Waals surface area (Å²) in [6.45, 7) is 10.6. The highest BCUT2D eigenvalue weighted by molar-refractivity contribution is 5.97. The molecule has 0 saturated heterocycles. The molecule has 8 heteroatoms. The number of carbonyl (C=O) groups is 4. The van der Waals surface area contributed by atoms with E-state index < -0.39 is 12.1 Å². The van der Waals surface area contributed by atoms with Gasteiger partial charge in [0.15, 0.2) is 0 Å². The van der Waals surface area contributed by atoms with Gasteiger partial charge < -0.3 is 21.3 Å². The molecule has 4 N–H and O–H groups in total. The highest BCUT2D eigenvalue weighted by atomic mass is 16.2. The Balaban J connectivity index is 1.73. The molecule has 0 aliphatic heterocycles. The van der Waals surface area contributed by atoms with Gasteiger partial charge in [-0.05, 0) is 37.8 Å². The maximum absolute atomic E-state index is 13.5. The monoisotopic (exact) mass is 544 g/mol. The van der Waals surface area contributed by atoms with E-state index in [0.29, 0.717) is 36.8 Å². The average Bonchev–Trinajstić information content (AvgIpc) is 2.94. The quantitative estimate of drug-likeness (QED) is 0.307. The summed E-state index contributed by atoms with van der Waals surface area (Å²) in [5.74, 6) is -1.41. The lowest BCUT2D eigenvalue weighted by Crippen LogP contribution is -2.60. The van der Waals surface area contributed by atoms with Crippen LogP contribution in [-0.2, 0) is 32.0 Å². The molecular formula is C32H40N4O4. The van der Waals surface area contributed by atoms with Crippen molar-refractivity contribution in [2.24, 2.45) is 0 Å². The molecule has 1 aliphatic carbocycles.